The van der Waals surface area contributed by atoms with Crippen molar-refractivity contribution in [3.63, 3.8) is 0 Å². The largest absolute Gasteiger partial charge is 0.353 e. The second-order valence-corrected chi connectivity index (χ2v) is 7.80. The summed E-state index contributed by atoms with van der Waals surface area (Å²) in [6.45, 7) is 6.06. The monoisotopic (exact) mass is 330 g/mol. The van der Waals surface area contributed by atoms with E-state index in [0.717, 1.165) is 5.56 Å². The van der Waals surface area contributed by atoms with Crippen molar-refractivity contribution in [3.8, 4) is 0 Å². The second-order valence-electron chi connectivity index (χ2n) is 5.51. The quantitative estimate of drug-likeness (QED) is 0.919. The molecule has 0 aromatic heterocycles. The summed E-state index contributed by atoms with van der Waals surface area (Å²) in [5.41, 5.74) is 0.812. The number of hydrogen-bond acceptors (Lipinski definition) is 3. The number of halogens is 1. The number of aryl methyl sites for hydroxylation is 1. The highest BCUT2D eigenvalue weighted by Gasteiger charge is 2.40. The van der Waals surface area contributed by atoms with E-state index in [0.29, 0.717) is 11.6 Å². The van der Waals surface area contributed by atoms with E-state index in [-0.39, 0.29) is 23.3 Å². The van der Waals surface area contributed by atoms with Crippen LogP contribution in [0.4, 0.5) is 0 Å². The fraction of sp³-hybridized carbons (Fsp3) is 0.500. The second kappa shape index (κ2) is 5.94. The minimum Gasteiger partial charge on any atom is -0.353 e. The molecule has 1 aliphatic heterocycles. The minimum absolute atomic E-state index is 0.110. The first-order chi connectivity index (χ1) is 9.75. The Labute approximate surface area is 130 Å². The lowest BCUT2D eigenvalue weighted by molar-refractivity contribution is -0.128. The Morgan fingerprint density at radius 3 is 2.62 bits per heavy atom. The molecule has 1 N–H and O–H groups in total. The van der Waals surface area contributed by atoms with E-state index in [2.05, 4.69) is 5.32 Å². The van der Waals surface area contributed by atoms with Crippen molar-refractivity contribution >= 4 is 27.5 Å². The Morgan fingerprint density at radius 2 is 2.05 bits per heavy atom. The van der Waals surface area contributed by atoms with Crippen LogP contribution in [0.15, 0.2) is 23.1 Å². The van der Waals surface area contributed by atoms with Crippen LogP contribution in [0.2, 0.25) is 5.02 Å². The van der Waals surface area contributed by atoms with Gasteiger partial charge in [0, 0.05) is 18.1 Å². The first-order valence-corrected chi connectivity index (χ1v) is 8.62. The van der Waals surface area contributed by atoms with E-state index < -0.39 is 16.1 Å². The summed E-state index contributed by atoms with van der Waals surface area (Å²) in [6, 6.07) is 3.95. The summed E-state index contributed by atoms with van der Waals surface area (Å²) < 4.78 is 26.9. The number of nitrogens with zero attached hydrogens (tertiary/aromatic N) is 1. The molecule has 5 nitrogen and oxygen atoms in total. The summed E-state index contributed by atoms with van der Waals surface area (Å²) >= 11 is 6.02. The van der Waals surface area contributed by atoms with Crippen molar-refractivity contribution in [2.45, 2.75) is 31.7 Å². The van der Waals surface area contributed by atoms with Gasteiger partial charge in [0.05, 0.1) is 4.90 Å². The van der Waals surface area contributed by atoms with Gasteiger partial charge >= 0.3 is 0 Å². The zero-order chi connectivity index (χ0) is 15.8. The normalized spacial score (nSPS) is 20.6. The van der Waals surface area contributed by atoms with E-state index in [9.17, 15) is 13.2 Å². The molecule has 7 heteroatoms. The van der Waals surface area contributed by atoms with Gasteiger partial charge in [0.1, 0.15) is 6.04 Å². The third-order valence-electron chi connectivity index (χ3n) is 3.59. The van der Waals surface area contributed by atoms with E-state index >= 15 is 0 Å². The molecule has 2 rings (SSSR count). The van der Waals surface area contributed by atoms with Crippen LogP contribution in [0.25, 0.3) is 0 Å². The van der Waals surface area contributed by atoms with Gasteiger partial charge in [0.2, 0.25) is 15.9 Å². The van der Waals surface area contributed by atoms with Gasteiger partial charge in [-0.05, 0) is 30.5 Å². The predicted molar refractivity (Wildman–Crippen MR) is 81.7 cm³/mol. The Morgan fingerprint density at radius 1 is 1.38 bits per heavy atom. The maximum Gasteiger partial charge on any atom is 0.243 e. The molecule has 116 valence electrons. The lowest BCUT2D eigenvalue weighted by atomic mass is 10.0. The summed E-state index contributed by atoms with van der Waals surface area (Å²) in [5.74, 6) is -0.362. The van der Waals surface area contributed by atoms with Crippen molar-refractivity contribution in [1.29, 1.82) is 0 Å². The minimum atomic E-state index is -3.74. The van der Waals surface area contributed by atoms with Gasteiger partial charge in [-0.1, -0.05) is 31.5 Å². The summed E-state index contributed by atoms with van der Waals surface area (Å²) in [6.07, 6.45) is 0. The standard InChI is InChI=1S/C14H19ClN2O3S/c1-9(2)13-14(18)16-6-7-17(13)21(19,20)11-5-4-10(3)12(15)8-11/h4-5,8-9,13H,6-7H2,1-3H3,(H,16,18). The Kier molecular flexibility index (Phi) is 4.60. The van der Waals surface area contributed by atoms with E-state index in [4.69, 9.17) is 11.6 Å². The van der Waals surface area contributed by atoms with Gasteiger partial charge in [-0.25, -0.2) is 8.42 Å². The SMILES string of the molecule is Cc1ccc(S(=O)(=O)N2CCNC(=O)C2C(C)C)cc1Cl. The average Bonchev–Trinajstić information content (AvgIpc) is 2.41. The molecular weight excluding hydrogens is 312 g/mol. The molecule has 0 radical (unpaired) electrons. The summed E-state index contributed by atoms with van der Waals surface area (Å²) in [4.78, 5) is 12.1. The number of carbonyl (C=O) groups is 1. The molecule has 1 amide bonds. The summed E-state index contributed by atoms with van der Waals surface area (Å²) in [5, 5.41) is 3.12. The number of amides is 1. The molecule has 0 spiro atoms. The van der Waals surface area contributed by atoms with Crippen molar-refractivity contribution < 1.29 is 13.2 Å². The van der Waals surface area contributed by atoms with Crippen LogP contribution < -0.4 is 5.32 Å². The summed E-state index contributed by atoms with van der Waals surface area (Å²) in [7, 11) is -3.74. The van der Waals surface area contributed by atoms with Crippen LogP contribution in [0, 0.1) is 12.8 Å². The molecule has 1 unspecified atom stereocenters. The van der Waals surface area contributed by atoms with Crippen LogP contribution in [-0.2, 0) is 14.8 Å². The van der Waals surface area contributed by atoms with Crippen LogP contribution in [-0.4, -0.2) is 37.8 Å². The predicted octanol–water partition coefficient (Wildman–Crippen LogP) is 1.79. The number of rotatable bonds is 3. The molecule has 1 aromatic rings. The van der Waals surface area contributed by atoms with Crippen LogP contribution in [0.3, 0.4) is 0 Å². The fourth-order valence-electron chi connectivity index (χ4n) is 2.44. The lowest BCUT2D eigenvalue weighted by Gasteiger charge is -2.36. The smallest absolute Gasteiger partial charge is 0.243 e. The zero-order valence-corrected chi connectivity index (χ0v) is 13.8. The van der Waals surface area contributed by atoms with Gasteiger partial charge in [0.25, 0.3) is 0 Å². The van der Waals surface area contributed by atoms with Crippen molar-refractivity contribution in [1.82, 2.24) is 9.62 Å². The first kappa shape index (κ1) is 16.3. The molecule has 1 atom stereocenters. The van der Waals surface area contributed by atoms with Gasteiger partial charge < -0.3 is 5.32 Å². The highest BCUT2D eigenvalue weighted by Crippen LogP contribution is 2.26. The third-order valence-corrected chi connectivity index (χ3v) is 5.88. The number of benzene rings is 1. The van der Waals surface area contributed by atoms with Crippen molar-refractivity contribution in [2.24, 2.45) is 5.92 Å². The number of carbonyl (C=O) groups excluding carboxylic acids is 1. The number of hydrogen-bond donors (Lipinski definition) is 1. The molecule has 1 heterocycles. The van der Waals surface area contributed by atoms with E-state index in [1.807, 2.05) is 20.8 Å². The van der Waals surface area contributed by atoms with Gasteiger partial charge in [-0.3, -0.25) is 4.79 Å². The van der Waals surface area contributed by atoms with Crippen molar-refractivity contribution in [2.75, 3.05) is 13.1 Å². The maximum absolute atomic E-state index is 12.8. The average molecular weight is 331 g/mol. The van der Waals surface area contributed by atoms with E-state index in [1.165, 1.54) is 16.4 Å². The Bertz CT molecular complexity index is 658. The molecule has 21 heavy (non-hydrogen) atoms. The van der Waals surface area contributed by atoms with Crippen LogP contribution >= 0.6 is 11.6 Å². The van der Waals surface area contributed by atoms with Crippen LogP contribution in [0.1, 0.15) is 19.4 Å². The molecule has 0 bridgehead atoms. The highest BCUT2D eigenvalue weighted by molar-refractivity contribution is 7.89. The molecular formula is C14H19ClN2O3S. The van der Waals surface area contributed by atoms with Crippen molar-refractivity contribution in [3.05, 3.63) is 28.8 Å². The molecule has 0 aliphatic carbocycles. The molecule has 1 aliphatic rings. The number of piperazine rings is 1. The Balaban J connectivity index is 2.45. The third kappa shape index (κ3) is 3.07. The van der Waals surface area contributed by atoms with Crippen LogP contribution in [0.5, 0.6) is 0 Å². The highest BCUT2D eigenvalue weighted by atomic mass is 35.5. The molecule has 1 saturated heterocycles. The molecule has 1 aromatic carbocycles. The van der Waals surface area contributed by atoms with Gasteiger partial charge in [-0.2, -0.15) is 4.31 Å². The number of sulfonamides is 1. The van der Waals surface area contributed by atoms with E-state index in [1.54, 1.807) is 6.07 Å². The first-order valence-electron chi connectivity index (χ1n) is 6.81. The van der Waals surface area contributed by atoms with Gasteiger partial charge in [-0.15, -0.1) is 0 Å². The maximum atomic E-state index is 12.8. The molecule has 1 fully saturated rings. The zero-order valence-electron chi connectivity index (χ0n) is 12.3. The lowest BCUT2D eigenvalue weighted by Crippen LogP contribution is -2.58. The fourth-order valence-corrected chi connectivity index (χ4v) is 4.43. The molecule has 0 saturated carbocycles. The van der Waals surface area contributed by atoms with Gasteiger partial charge in [0.15, 0.2) is 0 Å². The number of nitrogens with one attached hydrogen (secondary N) is 1. The Hall–Kier alpha value is -1.11. The topological polar surface area (TPSA) is 66.5 Å².